The molecule has 1 fully saturated rings. The van der Waals surface area contributed by atoms with E-state index in [0.717, 1.165) is 81.1 Å². The Hall–Kier alpha value is -2.69. The van der Waals surface area contributed by atoms with Gasteiger partial charge in [-0.05, 0) is 56.4 Å². The summed E-state index contributed by atoms with van der Waals surface area (Å²) in [5.74, 6) is -0.548. The lowest BCUT2D eigenvalue weighted by Gasteiger charge is -2.33. The third-order valence-corrected chi connectivity index (χ3v) is 7.37. The number of unbranched alkanes of at least 4 members (excludes halogenated alkanes) is 1. The van der Waals surface area contributed by atoms with Gasteiger partial charge in [-0.15, -0.1) is 0 Å². The molecule has 1 aromatic carbocycles. The summed E-state index contributed by atoms with van der Waals surface area (Å²) in [5, 5.41) is 6.17. The van der Waals surface area contributed by atoms with Crippen molar-refractivity contribution in [2.75, 3.05) is 45.1 Å². The lowest BCUT2D eigenvalue weighted by molar-refractivity contribution is 0.0996. The number of carbonyl (C=O) groups excluding carboxylic acids is 2. The highest BCUT2D eigenvalue weighted by atomic mass is 32.1. The maximum Gasteiger partial charge on any atom is 0.320 e. The van der Waals surface area contributed by atoms with Crippen LogP contribution in [0.3, 0.4) is 0 Å². The molecule has 1 unspecified atom stereocenters. The zero-order valence-corrected chi connectivity index (χ0v) is 22.7. The monoisotopic (exact) mass is 516 g/mol. The first-order valence-electron chi connectivity index (χ1n) is 12.7. The zero-order chi connectivity index (χ0) is 26.1. The summed E-state index contributed by atoms with van der Waals surface area (Å²) < 4.78 is 10.1. The summed E-state index contributed by atoms with van der Waals surface area (Å²) in [6.07, 6.45) is 3.90. The molecule has 1 aliphatic heterocycles. The van der Waals surface area contributed by atoms with E-state index < -0.39 is 5.91 Å². The van der Waals surface area contributed by atoms with Crippen LogP contribution in [0, 0.1) is 13.8 Å². The van der Waals surface area contributed by atoms with Crippen LogP contribution in [-0.2, 0) is 6.61 Å². The number of rotatable bonds is 12. The number of nitrogens with one attached hydrogen (secondary N) is 2. The first-order chi connectivity index (χ1) is 17.3. The number of benzene rings is 1. The highest BCUT2D eigenvalue weighted by Gasteiger charge is 2.23. The minimum absolute atomic E-state index is 0.0507. The van der Waals surface area contributed by atoms with Crippen molar-refractivity contribution in [1.29, 1.82) is 0 Å². The van der Waals surface area contributed by atoms with Crippen molar-refractivity contribution >= 4 is 28.5 Å². The number of ether oxygens (including phenoxy) is 1. The van der Waals surface area contributed by atoms with Crippen molar-refractivity contribution in [3.63, 3.8) is 0 Å². The molecule has 1 aromatic heterocycles. The van der Waals surface area contributed by atoms with Crippen LogP contribution in [0.2, 0.25) is 0 Å². The summed E-state index contributed by atoms with van der Waals surface area (Å²) in [7, 11) is 2.15. The first kappa shape index (κ1) is 27.9. The van der Waals surface area contributed by atoms with Gasteiger partial charge in [0.05, 0.1) is 0 Å². The van der Waals surface area contributed by atoms with E-state index in [1.807, 2.05) is 26.0 Å². The van der Waals surface area contributed by atoms with Crippen LogP contribution in [0.4, 0.5) is 9.80 Å². The molecule has 0 saturated carbocycles. The van der Waals surface area contributed by atoms with Crippen molar-refractivity contribution in [1.82, 2.24) is 19.5 Å². The summed E-state index contributed by atoms with van der Waals surface area (Å²) in [4.78, 5) is 29.9. The molecule has 1 aliphatic rings. The third-order valence-electron chi connectivity index (χ3n) is 6.63. The summed E-state index contributed by atoms with van der Waals surface area (Å²) in [5.41, 5.74) is 8.99. The van der Waals surface area contributed by atoms with E-state index in [-0.39, 0.29) is 30.1 Å². The lowest BCUT2D eigenvalue weighted by Crippen LogP contribution is -2.46. The maximum atomic E-state index is 12.9. The zero-order valence-electron chi connectivity index (χ0n) is 21.9. The maximum absolute atomic E-state index is 12.9. The number of nitrogens with two attached hydrogens (primary N) is 1. The van der Waals surface area contributed by atoms with Gasteiger partial charge in [0.2, 0.25) is 5.88 Å². The largest absolute Gasteiger partial charge is 0.472 e. The molecule has 4 N–H and O–H groups in total. The molecular weight excluding hydrogens is 476 g/mol. The van der Waals surface area contributed by atoms with E-state index in [2.05, 4.69) is 44.8 Å². The minimum atomic E-state index is -0.688. The van der Waals surface area contributed by atoms with Gasteiger partial charge in [-0.2, -0.15) is 4.37 Å². The second-order valence-corrected chi connectivity index (χ2v) is 10.4. The van der Waals surface area contributed by atoms with E-state index in [9.17, 15) is 9.59 Å². The Morgan fingerprint density at radius 1 is 1.19 bits per heavy atom. The van der Waals surface area contributed by atoms with Crippen molar-refractivity contribution in [3.8, 4) is 5.88 Å². The average molecular weight is 517 g/mol. The second kappa shape index (κ2) is 13.6. The Labute approximate surface area is 218 Å². The van der Waals surface area contributed by atoms with Crippen LogP contribution < -0.4 is 21.1 Å². The number of hydrogen-bond acceptors (Lipinski definition) is 7. The van der Waals surface area contributed by atoms with Gasteiger partial charge in [0.1, 0.15) is 17.2 Å². The van der Waals surface area contributed by atoms with Crippen molar-refractivity contribution in [2.45, 2.75) is 59.1 Å². The molecule has 0 radical (unpaired) electrons. The lowest BCUT2D eigenvalue weighted by atomic mass is 10.1. The molecule has 9 nitrogen and oxygen atoms in total. The molecule has 36 heavy (non-hydrogen) atoms. The number of amides is 3. The van der Waals surface area contributed by atoms with Gasteiger partial charge < -0.3 is 25.6 Å². The van der Waals surface area contributed by atoms with Gasteiger partial charge in [-0.3, -0.25) is 10.1 Å². The topological polar surface area (TPSA) is 113 Å². The molecule has 2 aromatic rings. The summed E-state index contributed by atoms with van der Waals surface area (Å²) in [6.45, 7) is 11.6. The van der Waals surface area contributed by atoms with Crippen molar-refractivity contribution in [3.05, 3.63) is 40.5 Å². The molecule has 1 atom stereocenters. The molecule has 3 rings (SSSR count). The van der Waals surface area contributed by atoms with Gasteiger partial charge in [-0.25, -0.2) is 4.79 Å². The minimum Gasteiger partial charge on any atom is -0.472 e. The molecule has 0 aliphatic carbocycles. The van der Waals surface area contributed by atoms with Gasteiger partial charge in [0, 0.05) is 38.8 Å². The van der Waals surface area contributed by atoms with Crippen LogP contribution in [0.5, 0.6) is 5.88 Å². The van der Waals surface area contributed by atoms with Crippen LogP contribution in [0.15, 0.2) is 18.2 Å². The van der Waals surface area contributed by atoms with E-state index in [4.69, 9.17) is 10.5 Å². The van der Waals surface area contributed by atoms with Crippen LogP contribution in [-0.4, -0.2) is 71.9 Å². The number of hydrogen-bond donors (Lipinski definition) is 3. The Kier molecular flexibility index (Phi) is 10.5. The Morgan fingerprint density at radius 3 is 2.61 bits per heavy atom. The first-order valence-corrected chi connectivity index (χ1v) is 13.5. The number of aromatic nitrogens is 1. The Morgan fingerprint density at radius 2 is 1.94 bits per heavy atom. The molecule has 10 heteroatoms. The summed E-state index contributed by atoms with van der Waals surface area (Å²) >= 11 is 0.995. The van der Waals surface area contributed by atoms with Gasteiger partial charge in [-0.1, -0.05) is 43.5 Å². The van der Waals surface area contributed by atoms with E-state index in [1.54, 1.807) is 0 Å². The normalized spacial score (nSPS) is 15.4. The number of aryl methyl sites for hydroxylation is 2. The molecule has 0 spiro atoms. The van der Waals surface area contributed by atoms with Gasteiger partial charge >= 0.3 is 6.03 Å². The smallest absolute Gasteiger partial charge is 0.320 e. The summed E-state index contributed by atoms with van der Waals surface area (Å²) in [6, 6.07) is 5.77. The van der Waals surface area contributed by atoms with Crippen molar-refractivity contribution in [2.24, 2.45) is 5.73 Å². The molecule has 2 heterocycles. The highest BCUT2D eigenvalue weighted by Crippen LogP contribution is 2.31. The van der Waals surface area contributed by atoms with E-state index >= 15 is 0 Å². The molecule has 3 amide bonds. The van der Waals surface area contributed by atoms with Crippen LogP contribution in [0.25, 0.3) is 0 Å². The number of nitrogens with zero attached hydrogens (tertiary/aromatic N) is 3. The predicted octanol–water partition coefficient (Wildman–Crippen LogP) is 3.76. The Bertz CT molecular complexity index is 1020. The molecule has 1 saturated heterocycles. The average Bonchev–Trinajstić information content (AvgIpc) is 3.23. The third kappa shape index (κ3) is 8.18. The molecule has 0 bridgehead atoms. The van der Waals surface area contributed by atoms with Crippen molar-refractivity contribution < 1.29 is 14.3 Å². The fourth-order valence-electron chi connectivity index (χ4n) is 4.30. The molecular formula is C26H40N6O3S. The number of urea groups is 1. The predicted molar refractivity (Wildman–Crippen MR) is 145 cm³/mol. The van der Waals surface area contributed by atoms with E-state index in [1.165, 1.54) is 5.56 Å². The fraction of sp³-hybridized carbons (Fsp3) is 0.577. The highest BCUT2D eigenvalue weighted by molar-refractivity contribution is 7.11. The number of piperazine rings is 1. The van der Waals surface area contributed by atoms with Gasteiger partial charge in [0.15, 0.2) is 0 Å². The number of likely N-dealkylation sites (N-methyl/N-ethyl adjacent to an activating group) is 1. The van der Waals surface area contributed by atoms with E-state index in [0.29, 0.717) is 5.00 Å². The number of primary amides is 1. The molecule has 198 valence electrons. The van der Waals surface area contributed by atoms with Gasteiger partial charge in [0.25, 0.3) is 5.91 Å². The quantitative estimate of drug-likeness (QED) is 0.396. The fourth-order valence-corrected chi connectivity index (χ4v) is 5.04. The SMILES string of the molecule is CCCCC(CCN1CCN(C)CC1)NC(=O)Nc1snc(OCc2ccc(C)cc2C)c1C(N)=O. The number of anilines is 1. The standard InChI is InChI=1S/C26H40N6O3S/c1-5-6-7-21(10-11-32-14-12-31(4)13-15-32)28-26(34)29-25-22(23(27)33)24(30-36-25)35-17-20-9-8-18(2)16-19(20)3/h8-9,16,21H,5-7,10-15,17H2,1-4H3,(H2,27,33)(H2,28,29,34). The van der Waals surface area contributed by atoms with Crippen LogP contribution >= 0.6 is 11.5 Å². The van der Waals surface area contributed by atoms with Crippen LogP contribution in [0.1, 0.15) is 59.7 Å². The Balaban J connectivity index is 1.59. The second-order valence-electron chi connectivity index (χ2n) is 9.65. The number of carbonyl (C=O) groups is 2.